The molecule has 33 heavy (non-hydrogen) atoms. The highest BCUT2D eigenvalue weighted by Crippen LogP contribution is 2.29. The van der Waals surface area contributed by atoms with Gasteiger partial charge in [0.05, 0.1) is 19.2 Å². The number of aromatic nitrogens is 6. The van der Waals surface area contributed by atoms with Gasteiger partial charge in [-0.05, 0) is 23.6 Å². The summed E-state index contributed by atoms with van der Waals surface area (Å²) in [4.78, 5) is 20.7. The standard InChI is InChI=1S/C21H27IN8O3/c1-3-4-9-24-20-15(16(25-21(23)26-20)6-8-19(31)33-22)12-14-10-13(5-7-17(14)32-2)11-18-27-29-30-28-18/h5,7,10H,3-4,6,8-9,11-12H2,1-2H3,(H3,23,24,25,26)(H,27,28,29,30). The number of halogens is 1. The third-order valence-corrected chi connectivity index (χ3v) is 5.54. The number of ether oxygens (including phenoxy) is 1. The van der Waals surface area contributed by atoms with E-state index < -0.39 is 0 Å². The fraction of sp³-hybridized carbons (Fsp3) is 0.429. The zero-order valence-electron chi connectivity index (χ0n) is 18.6. The number of H-pyrrole nitrogens is 1. The van der Waals surface area contributed by atoms with Gasteiger partial charge in [0.1, 0.15) is 11.6 Å². The summed E-state index contributed by atoms with van der Waals surface area (Å²) in [5.74, 6) is 1.84. The lowest BCUT2D eigenvalue weighted by Crippen LogP contribution is -2.14. The summed E-state index contributed by atoms with van der Waals surface area (Å²) in [5.41, 5.74) is 9.53. The van der Waals surface area contributed by atoms with E-state index in [2.05, 4.69) is 42.8 Å². The number of methoxy groups -OCH3 is 1. The van der Waals surface area contributed by atoms with Crippen molar-refractivity contribution in [2.45, 2.75) is 45.4 Å². The average Bonchev–Trinajstić information content (AvgIpc) is 3.32. The first kappa shape index (κ1) is 24.6. The first-order valence-corrected chi connectivity index (χ1v) is 11.5. The van der Waals surface area contributed by atoms with Gasteiger partial charge in [-0.15, -0.1) is 10.2 Å². The van der Waals surface area contributed by atoms with Crippen LogP contribution in [0.5, 0.6) is 5.75 Å². The van der Waals surface area contributed by atoms with Crippen molar-refractivity contribution in [3.63, 3.8) is 0 Å². The Morgan fingerprint density at radius 2 is 2.12 bits per heavy atom. The van der Waals surface area contributed by atoms with Crippen LogP contribution in [0.4, 0.5) is 11.8 Å². The molecule has 0 spiro atoms. The van der Waals surface area contributed by atoms with Gasteiger partial charge < -0.3 is 18.9 Å². The number of aryl methyl sites for hydroxylation is 1. The van der Waals surface area contributed by atoms with E-state index in [0.717, 1.165) is 41.8 Å². The second-order valence-electron chi connectivity index (χ2n) is 7.41. The Morgan fingerprint density at radius 3 is 2.82 bits per heavy atom. The molecule has 0 aliphatic rings. The van der Waals surface area contributed by atoms with Gasteiger partial charge in [-0.25, -0.2) is 4.98 Å². The molecule has 2 aromatic heterocycles. The number of anilines is 2. The van der Waals surface area contributed by atoms with Crippen LogP contribution in [0.3, 0.4) is 0 Å². The molecule has 0 bridgehead atoms. The molecule has 0 saturated carbocycles. The molecule has 0 atom stereocenters. The summed E-state index contributed by atoms with van der Waals surface area (Å²) >= 11 is 1.59. The zero-order valence-corrected chi connectivity index (χ0v) is 20.8. The van der Waals surface area contributed by atoms with Gasteiger partial charge >= 0.3 is 5.97 Å². The number of nitrogen functional groups attached to an aromatic ring is 1. The molecule has 3 rings (SSSR count). The van der Waals surface area contributed by atoms with E-state index in [-0.39, 0.29) is 18.3 Å². The minimum absolute atomic E-state index is 0.161. The van der Waals surface area contributed by atoms with E-state index in [1.54, 1.807) is 30.1 Å². The molecule has 0 fully saturated rings. The van der Waals surface area contributed by atoms with Crippen LogP contribution in [0.2, 0.25) is 0 Å². The first-order chi connectivity index (χ1) is 16.0. The first-order valence-electron chi connectivity index (χ1n) is 10.6. The maximum atomic E-state index is 11.8. The molecule has 0 aliphatic carbocycles. The molecule has 0 amide bonds. The van der Waals surface area contributed by atoms with Gasteiger partial charge in [-0.2, -0.15) is 10.2 Å². The fourth-order valence-electron chi connectivity index (χ4n) is 3.44. The van der Waals surface area contributed by atoms with Crippen molar-refractivity contribution in [1.82, 2.24) is 30.6 Å². The highest BCUT2D eigenvalue weighted by molar-refractivity contribution is 14.1. The van der Waals surface area contributed by atoms with Gasteiger partial charge in [-0.1, -0.05) is 30.7 Å². The van der Waals surface area contributed by atoms with Crippen molar-refractivity contribution >= 4 is 40.7 Å². The summed E-state index contributed by atoms with van der Waals surface area (Å²) < 4.78 is 10.4. The van der Waals surface area contributed by atoms with Crippen molar-refractivity contribution in [2.24, 2.45) is 0 Å². The molecule has 3 aromatic rings. The van der Waals surface area contributed by atoms with Crippen molar-refractivity contribution in [2.75, 3.05) is 24.7 Å². The predicted octanol–water partition coefficient (Wildman–Crippen LogP) is 2.80. The molecule has 2 heterocycles. The lowest BCUT2D eigenvalue weighted by atomic mass is 9.98. The van der Waals surface area contributed by atoms with Crippen LogP contribution in [0, 0.1) is 0 Å². The molecule has 11 nitrogen and oxygen atoms in total. The second kappa shape index (κ2) is 12.3. The topological polar surface area (TPSA) is 154 Å². The Kier molecular flexibility index (Phi) is 9.15. The average molecular weight is 566 g/mol. The van der Waals surface area contributed by atoms with Crippen LogP contribution in [0.1, 0.15) is 54.4 Å². The van der Waals surface area contributed by atoms with E-state index in [4.69, 9.17) is 13.5 Å². The molecule has 4 N–H and O–H groups in total. The van der Waals surface area contributed by atoms with Gasteiger partial charge in [0.2, 0.25) is 5.95 Å². The number of carbonyl (C=O) groups excluding carboxylic acids is 1. The van der Waals surface area contributed by atoms with Crippen LogP contribution < -0.4 is 15.8 Å². The number of carbonyl (C=O) groups is 1. The van der Waals surface area contributed by atoms with Gasteiger partial charge in [0.15, 0.2) is 28.8 Å². The SMILES string of the molecule is CCCCNc1nc(N)nc(CCC(=O)OI)c1Cc1cc(Cc2nn[nH]n2)ccc1OC. The normalized spacial score (nSPS) is 10.8. The lowest BCUT2D eigenvalue weighted by molar-refractivity contribution is -0.131. The van der Waals surface area contributed by atoms with E-state index in [1.807, 2.05) is 18.2 Å². The Balaban J connectivity index is 1.97. The monoisotopic (exact) mass is 566 g/mol. The molecule has 0 unspecified atom stereocenters. The Labute approximate surface area is 205 Å². The molecule has 0 radical (unpaired) electrons. The lowest BCUT2D eigenvalue weighted by Gasteiger charge is -2.17. The number of benzene rings is 1. The number of nitrogens with zero attached hydrogens (tertiary/aromatic N) is 5. The van der Waals surface area contributed by atoms with Crippen LogP contribution in [-0.2, 0) is 27.1 Å². The quantitative estimate of drug-likeness (QED) is 0.220. The van der Waals surface area contributed by atoms with Gasteiger partial charge in [-0.3, -0.25) is 4.79 Å². The third-order valence-electron chi connectivity index (χ3n) is 5.05. The Hall–Kier alpha value is -3.03. The molecule has 0 aliphatic heterocycles. The van der Waals surface area contributed by atoms with Crippen LogP contribution in [0.15, 0.2) is 18.2 Å². The summed E-state index contributed by atoms with van der Waals surface area (Å²) in [6.07, 6.45) is 3.63. The van der Waals surface area contributed by atoms with E-state index in [9.17, 15) is 4.79 Å². The van der Waals surface area contributed by atoms with E-state index in [1.165, 1.54) is 0 Å². The molecule has 1 aromatic carbocycles. The molecule has 176 valence electrons. The van der Waals surface area contributed by atoms with E-state index >= 15 is 0 Å². The fourth-order valence-corrected chi connectivity index (χ4v) is 3.66. The van der Waals surface area contributed by atoms with Crippen molar-refractivity contribution in [1.29, 1.82) is 0 Å². The predicted molar refractivity (Wildman–Crippen MR) is 131 cm³/mol. The maximum Gasteiger partial charge on any atom is 0.315 e. The summed E-state index contributed by atoms with van der Waals surface area (Å²) in [5, 5.41) is 17.5. The van der Waals surface area contributed by atoms with Gasteiger partial charge in [0.25, 0.3) is 0 Å². The second-order valence-corrected chi connectivity index (χ2v) is 7.85. The van der Waals surface area contributed by atoms with Crippen LogP contribution in [-0.4, -0.2) is 50.2 Å². The number of nitrogens with two attached hydrogens (primary N) is 1. The Bertz CT molecular complexity index is 1060. The van der Waals surface area contributed by atoms with Crippen molar-refractivity contribution < 1.29 is 12.6 Å². The van der Waals surface area contributed by atoms with E-state index in [0.29, 0.717) is 36.6 Å². The largest absolute Gasteiger partial charge is 0.496 e. The smallest absolute Gasteiger partial charge is 0.315 e. The summed E-state index contributed by atoms with van der Waals surface area (Å²) in [6.45, 7) is 2.88. The van der Waals surface area contributed by atoms with Crippen LogP contribution >= 0.6 is 23.0 Å². The number of hydrogen-bond acceptors (Lipinski definition) is 10. The number of rotatable bonds is 12. The third kappa shape index (κ3) is 6.97. The number of unbranched alkanes of at least 4 members (excludes halogenated alkanes) is 1. The number of nitrogens with one attached hydrogen (secondary N) is 2. The number of hydrogen-bond donors (Lipinski definition) is 3. The summed E-state index contributed by atoms with van der Waals surface area (Å²) in [6, 6.07) is 5.93. The van der Waals surface area contributed by atoms with Crippen LogP contribution in [0.25, 0.3) is 0 Å². The molecule has 0 saturated heterocycles. The highest BCUT2D eigenvalue weighted by Gasteiger charge is 2.18. The number of tetrazole rings is 1. The zero-order chi connectivity index (χ0) is 23.6. The number of aromatic amines is 1. The molecular formula is C21H27IN8O3. The summed E-state index contributed by atoms with van der Waals surface area (Å²) in [7, 11) is 1.63. The minimum atomic E-state index is -0.320. The van der Waals surface area contributed by atoms with Crippen molar-refractivity contribution in [3.05, 3.63) is 46.4 Å². The highest BCUT2D eigenvalue weighted by atomic mass is 127. The van der Waals surface area contributed by atoms with Crippen molar-refractivity contribution in [3.8, 4) is 5.75 Å². The van der Waals surface area contributed by atoms with Gasteiger partial charge in [0, 0.05) is 31.4 Å². The molecule has 12 heteroatoms. The Morgan fingerprint density at radius 1 is 1.27 bits per heavy atom. The molecular weight excluding hydrogens is 539 g/mol. The minimum Gasteiger partial charge on any atom is -0.496 e. The maximum absolute atomic E-state index is 11.8.